The molecule has 0 fully saturated rings. The molecule has 0 spiro atoms. The Morgan fingerprint density at radius 1 is 1.57 bits per heavy atom. The third-order valence-corrected chi connectivity index (χ3v) is 1.81. The smallest absolute Gasteiger partial charge is 0.338 e. The molecule has 0 aliphatic carbocycles. The fourth-order valence-electron chi connectivity index (χ4n) is 1.08. The van der Waals surface area contributed by atoms with E-state index < -0.39 is 0 Å². The lowest BCUT2D eigenvalue weighted by Crippen LogP contribution is -2.14. The second-order valence-corrected chi connectivity index (χ2v) is 3.07. The summed E-state index contributed by atoms with van der Waals surface area (Å²) in [6.07, 6.45) is 1.66. The highest BCUT2D eigenvalue weighted by atomic mass is 16.5. The summed E-state index contributed by atoms with van der Waals surface area (Å²) in [5.41, 5.74) is 7.41. The highest BCUT2D eigenvalue weighted by Gasteiger charge is 2.10. The van der Waals surface area contributed by atoms with Crippen molar-refractivity contribution in [2.24, 2.45) is 5.73 Å². The number of ether oxygens (including phenoxy) is 1. The fourth-order valence-corrected chi connectivity index (χ4v) is 1.08. The van der Waals surface area contributed by atoms with Crippen LogP contribution >= 0.6 is 0 Å². The van der Waals surface area contributed by atoms with Gasteiger partial charge >= 0.3 is 5.97 Å². The average Bonchev–Trinajstić information content (AvgIpc) is 2.18. The van der Waals surface area contributed by atoms with Gasteiger partial charge in [-0.15, -0.1) is 0 Å². The first-order valence-electron chi connectivity index (χ1n) is 4.45. The Morgan fingerprint density at radius 3 is 2.93 bits per heavy atom. The van der Waals surface area contributed by atoms with Crippen LogP contribution in [0, 0.1) is 13.8 Å². The molecular weight excluding hydrogens is 180 g/mol. The molecule has 0 aromatic carbocycles. The zero-order valence-electron chi connectivity index (χ0n) is 8.41. The van der Waals surface area contributed by atoms with Gasteiger partial charge in [-0.1, -0.05) is 0 Å². The van der Waals surface area contributed by atoms with Gasteiger partial charge in [-0.25, -0.2) is 4.79 Å². The number of nitrogens with zero attached hydrogens (tertiary/aromatic N) is 1. The van der Waals surface area contributed by atoms with Gasteiger partial charge in [0.1, 0.15) is 6.61 Å². The van der Waals surface area contributed by atoms with Crippen LogP contribution < -0.4 is 5.73 Å². The van der Waals surface area contributed by atoms with Crippen molar-refractivity contribution in [3.63, 3.8) is 0 Å². The number of carbonyl (C=O) groups excluding carboxylic acids is 1. The van der Waals surface area contributed by atoms with E-state index in [4.69, 9.17) is 10.5 Å². The van der Waals surface area contributed by atoms with Gasteiger partial charge in [0.15, 0.2) is 0 Å². The largest absolute Gasteiger partial charge is 0.461 e. The zero-order valence-corrected chi connectivity index (χ0v) is 8.41. The van der Waals surface area contributed by atoms with E-state index in [1.807, 2.05) is 13.8 Å². The molecule has 14 heavy (non-hydrogen) atoms. The maximum Gasteiger partial charge on any atom is 0.338 e. The van der Waals surface area contributed by atoms with Crippen LogP contribution in [0.25, 0.3) is 0 Å². The monoisotopic (exact) mass is 194 g/mol. The minimum absolute atomic E-state index is 0.250. The second kappa shape index (κ2) is 4.72. The fraction of sp³-hybridized carbons (Fsp3) is 0.400. The lowest BCUT2D eigenvalue weighted by molar-refractivity contribution is 0.0515. The van der Waals surface area contributed by atoms with E-state index in [9.17, 15) is 4.79 Å². The summed E-state index contributed by atoms with van der Waals surface area (Å²) in [7, 11) is 0. The van der Waals surface area contributed by atoms with Crippen LogP contribution in [0.1, 0.15) is 21.6 Å². The lowest BCUT2D eigenvalue weighted by atomic mass is 10.1. The minimum Gasteiger partial charge on any atom is -0.461 e. The van der Waals surface area contributed by atoms with Crippen molar-refractivity contribution in [1.82, 2.24) is 4.98 Å². The highest BCUT2D eigenvalue weighted by Crippen LogP contribution is 2.09. The van der Waals surface area contributed by atoms with Crippen LogP contribution in [0.4, 0.5) is 0 Å². The maximum absolute atomic E-state index is 11.5. The molecule has 4 nitrogen and oxygen atoms in total. The molecule has 0 bridgehead atoms. The van der Waals surface area contributed by atoms with Gasteiger partial charge < -0.3 is 10.5 Å². The van der Waals surface area contributed by atoms with E-state index in [-0.39, 0.29) is 12.6 Å². The van der Waals surface area contributed by atoms with Gasteiger partial charge in [-0.2, -0.15) is 0 Å². The standard InChI is InChI=1S/C10H14N2O2/c1-7-6-12-8(2)5-9(7)10(13)14-4-3-11/h5-6H,3-4,11H2,1-2H3. The predicted octanol–water partition coefficient (Wildman–Crippen LogP) is 0.814. The van der Waals surface area contributed by atoms with Gasteiger partial charge in [-0.05, 0) is 25.5 Å². The summed E-state index contributed by atoms with van der Waals surface area (Å²) < 4.78 is 4.92. The molecule has 1 rings (SSSR count). The van der Waals surface area contributed by atoms with Gasteiger partial charge in [0.25, 0.3) is 0 Å². The van der Waals surface area contributed by atoms with Crippen LogP contribution in [0.2, 0.25) is 0 Å². The summed E-state index contributed by atoms with van der Waals surface area (Å²) >= 11 is 0. The van der Waals surface area contributed by atoms with Gasteiger partial charge in [0.2, 0.25) is 0 Å². The molecule has 0 saturated heterocycles. The van der Waals surface area contributed by atoms with E-state index in [1.165, 1.54) is 0 Å². The third-order valence-electron chi connectivity index (χ3n) is 1.81. The molecule has 4 heteroatoms. The number of hydrogen-bond acceptors (Lipinski definition) is 4. The van der Waals surface area contributed by atoms with E-state index in [2.05, 4.69) is 4.98 Å². The first kappa shape index (κ1) is 10.7. The molecule has 0 saturated carbocycles. The molecule has 1 aromatic heterocycles. The van der Waals surface area contributed by atoms with Crippen LogP contribution in [0.15, 0.2) is 12.3 Å². The number of aryl methyl sites for hydroxylation is 2. The summed E-state index contributed by atoms with van der Waals surface area (Å²) in [4.78, 5) is 15.5. The number of pyridine rings is 1. The molecule has 76 valence electrons. The van der Waals surface area contributed by atoms with E-state index >= 15 is 0 Å². The van der Waals surface area contributed by atoms with Crippen molar-refractivity contribution in [3.05, 3.63) is 29.1 Å². The quantitative estimate of drug-likeness (QED) is 0.723. The summed E-state index contributed by atoms with van der Waals surface area (Å²) in [5.74, 6) is -0.335. The second-order valence-electron chi connectivity index (χ2n) is 3.07. The average molecular weight is 194 g/mol. The van der Waals surface area contributed by atoms with Crippen LogP contribution in [0.3, 0.4) is 0 Å². The number of carbonyl (C=O) groups is 1. The molecule has 0 radical (unpaired) electrons. The number of rotatable bonds is 3. The third kappa shape index (κ3) is 2.53. The Hall–Kier alpha value is -1.42. The molecular formula is C10H14N2O2. The number of hydrogen-bond donors (Lipinski definition) is 1. The SMILES string of the molecule is Cc1cc(C(=O)OCCN)c(C)cn1. The van der Waals surface area contributed by atoms with Crippen LogP contribution in [0.5, 0.6) is 0 Å². The predicted molar refractivity (Wildman–Crippen MR) is 53.0 cm³/mol. The molecule has 2 N–H and O–H groups in total. The first-order valence-corrected chi connectivity index (χ1v) is 4.45. The molecule has 1 heterocycles. The highest BCUT2D eigenvalue weighted by molar-refractivity contribution is 5.90. The van der Waals surface area contributed by atoms with Gasteiger partial charge in [0, 0.05) is 18.4 Å². The summed E-state index contributed by atoms with van der Waals surface area (Å²) in [5, 5.41) is 0. The molecule has 0 aliphatic rings. The van der Waals surface area contributed by atoms with E-state index in [0.717, 1.165) is 11.3 Å². The molecule has 0 atom stereocenters. The van der Waals surface area contributed by atoms with Crippen molar-refractivity contribution >= 4 is 5.97 Å². The first-order chi connectivity index (χ1) is 6.65. The Morgan fingerprint density at radius 2 is 2.29 bits per heavy atom. The van der Waals surface area contributed by atoms with Crippen LogP contribution in [-0.4, -0.2) is 24.1 Å². The van der Waals surface area contributed by atoms with Crippen LogP contribution in [-0.2, 0) is 4.74 Å². The molecule has 0 aliphatic heterocycles. The Balaban J connectivity index is 2.83. The van der Waals surface area contributed by atoms with Crippen molar-refractivity contribution in [3.8, 4) is 0 Å². The topological polar surface area (TPSA) is 65.2 Å². The van der Waals surface area contributed by atoms with Crippen molar-refractivity contribution in [2.75, 3.05) is 13.2 Å². The lowest BCUT2D eigenvalue weighted by Gasteiger charge is -2.06. The van der Waals surface area contributed by atoms with E-state index in [1.54, 1.807) is 12.3 Å². The molecule has 0 unspecified atom stereocenters. The van der Waals surface area contributed by atoms with Crippen molar-refractivity contribution in [1.29, 1.82) is 0 Å². The zero-order chi connectivity index (χ0) is 10.6. The maximum atomic E-state index is 11.5. The Labute approximate surface area is 83.1 Å². The minimum atomic E-state index is -0.335. The normalized spacial score (nSPS) is 9.93. The number of nitrogens with two attached hydrogens (primary N) is 1. The van der Waals surface area contributed by atoms with Gasteiger partial charge in [0.05, 0.1) is 5.56 Å². The van der Waals surface area contributed by atoms with Crippen molar-refractivity contribution < 1.29 is 9.53 Å². The molecule has 0 amide bonds. The summed E-state index contributed by atoms with van der Waals surface area (Å²) in [6, 6.07) is 1.72. The Kier molecular flexibility index (Phi) is 3.59. The van der Waals surface area contributed by atoms with Gasteiger partial charge in [-0.3, -0.25) is 4.98 Å². The Bertz CT molecular complexity index is 337. The van der Waals surface area contributed by atoms with Crippen molar-refractivity contribution in [2.45, 2.75) is 13.8 Å². The van der Waals surface area contributed by atoms with E-state index in [0.29, 0.717) is 12.1 Å². The number of esters is 1. The molecule has 1 aromatic rings. The number of aromatic nitrogens is 1. The summed E-state index contributed by atoms with van der Waals surface area (Å²) in [6.45, 7) is 4.25.